The van der Waals surface area contributed by atoms with Gasteiger partial charge in [0.05, 0.1) is 17.1 Å². The lowest BCUT2D eigenvalue weighted by Crippen LogP contribution is -2.32. The average molecular weight is 224 g/mol. The molecule has 0 aliphatic carbocycles. The van der Waals surface area contributed by atoms with Crippen molar-refractivity contribution in [1.82, 2.24) is 5.32 Å². The van der Waals surface area contributed by atoms with Crippen LogP contribution in [-0.2, 0) is 0 Å². The molecule has 80 valence electrons. The van der Waals surface area contributed by atoms with Crippen LogP contribution in [0.4, 0.5) is 0 Å². The lowest BCUT2D eigenvalue weighted by molar-refractivity contribution is 0.0957. The van der Waals surface area contributed by atoms with Gasteiger partial charge in [-0.25, -0.2) is 0 Å². The van der Waals surface area contributed by atoms with Crippen LogP contribution < -0.4 is 11.1 Å². The summed E-state index contributed by atoms with van der Waals surface area (Å²) in [7, 11) is 0. The topological polar surface area (TPSA) is 75.4 Å². The van der Waals surface area contributed by atoms with Gasteiger partial charge in [0.1, 0.15) is 5.75 Å². The van der Waals surface area contributed by atoms with Crippen LogP contribution in [0.25, 0.3) is 0 Å². The number of carbonyl (C=O) groups excluding carboxylic acids is 1. The number of thiocarbonyl (C=S) groups is 1. The summed E-state index contributed by atoms with van der Waals surface area (Å²) >= 11 is 4.62. The van der Waals surface area contributed by atoms with Crippen LogP contribution in [0, 0.1) is 6.92 Å². The number of hydrogen-bond acceptors (Lipinski definition) is 3. The van der Waals surface area contributed by atoms with E-state index in [1.54, 1.807) is 12.1 Å². The van der Waals surface area contributed by atoms with Gasteiger partial charge < -0.3 is 16.2 Å². The highest BCUT2D eigenvalue weighted by Crippen LogP contribution is 2.17. The Hall–Kier alpha value is -1.62. The van der Waals surface area contributed by atoms with Gasteiger partial charge in [0.15, 0.2) is 0 Å². The molecule has 15 heavy (non-hydrogen) atoms. The molecule has 0 bridgehead atoms. The lowest BCUT2D eigenvalue weighted by atomic mass is 10.1. The minimum Gasteiger partial charge on any atom is -0.507 e. The number of amides is 1. The second-order valence-electron chi connectivity index (χ2n) is 3.17. The zero-order chi connectivity index (χ0) is 11.4. The van der Waals surface area contributed by atoms with Gasteiger partial charge in [-0.1, -0.05) is 18.3 Å². The molecule has 0 aromatic heterocycles. The van der Waals surface area contributed by atoms with Gasteiger partial charge in [0.25, 0.3) is 5.91 Å². The molecule has 1 rings (SSSR count). The van der Waals surface area contributed by atoms with Crippen molar-refractivity contribution < 1.29 is 9.90 Å². The Balaban J connectivity index is 2.78. The Labute approximate surface area is 93.1 Å². The van der Waals surface area contributed by atoms with Crippen LogP contribution in [-0.4, -0.2) is 22.5 Å². The third-order valence-electron chi connectivity index (χ3n) is 1.82. The molecule has 4 nitrogen and oxygen atoms in total. The van der Waals surface area contributed by atoms with Crippen LogP contribution in [0.1, 0.15) is 15.9 Å². The molecule has 0 spiro atoms. The smallest absolute Gasteiger partial charge is 0.255 e. The van der Waals surface area contributed by atoms with Gasteiger partial charge in [-0.2, -0.15) is 0 Å². The molecule has 1 amide bonds. The van der Waals surface area contributed by atoms with Crippen molar-refractivity contribution in [2.24, 2.45) is 5.73 Å². The van der Waals surface area contributed by atoms with Gasteiger partial charge in [0.2, 0.25) is 0 Å². The standard InChI is InChI=1S/C10H12N2O2S/c1-6-2-3-7(8(13)4-6)10(14)12-5-9(11)15/h2-4,13H,5H2,1H3,(H2,11,15)(H,12,14). The van der Waals surface area contributed by atoms with Crippen LogP contribution in [0.5, 0.6) is 5.75 Å². The number of phenols is 1. The molecular weight excluding hydrogens is 212 g/mol. The summed E-state index contributed by atoms with van der Waals surface area (Å²) in [5.74, 6) is -0.435. The summed E-state index contributed by atoms with van der Waals surface area (Å²) in [4.78, 5) is 11.7. The van der Waals surface area contributed by atoms with Crippen molar-refractivity contribution in [2.75, 3.05) is 6.54 Å². The van der Waals surface area contributed by atoms with E-state index in [4.69, 9.17) is 5.73 Å². The zero-order valence-electron chi connectivity index (χ0n) is 8.28. The third kappa shape index (κ3) is 3.21. The molecule has 0 aliphatic heterocycles. The minimum atomic E-state index is -0.389. The minimum absolute atomic E-state index is 0.0459. The van der Waals surface area contributed by atoms with E-state index in [0.717, 1.165) is 5.56 Å². The fraction of sp³-hybridized carbons (Fsp3) is 0.200. The molecule has 1 aromatic carbocycles. The Morgan fingerprint density at radius 1 is 1.60 bits per heavy atom. The van der Waals surface area contributed by atoms with Gasteiger partial charge >= 0.3 is 0 Å². The highest BCUT2D eigenvalue weighted by molar-refractivity contribution is 7.80. The second-order valence-corrected chi connectivity index (χ2v) is 3.69. The number of nitrogens with one attached hydrogen (secondary N) is 1. The molecule has 0 atom stereocenters. The molecule has 0 radical (unpaired) electrons. The Bertz CT molecular complexity index is 404. The van der Waals surface area contributed by atoms with Crippen LogP contribution >= 0.6 is 12.2 Å². The van der Waals surface area contributed by atoms with Crippen molar-refractivity contribution in [3.05, 3.63) is 29.3 Å². The number of aryl methyl sites for hydroxylation is 1. The number of aromatic hydroxyl groups is 1. The molecule has 0 saturated heterocycles. The lowest BCUT2D eigenvalue weighted by Gasteiger charge is -2.06. The normalized spacial score (nSPS) is 9.67. The largest absolute Gasteiger partial charge is 0.507 e. The first kappa shape index (κ1) is 11.5. The molecule has 0 aliphatic rings. The fourth-order valence-corrected chi connectivity index (χ4v) is 1.17. The quantitative estimate of drug-likeness (QED) is 0.661. The van der Waals surface area contributed by atoms with E-state index in [-0.39, 0.29) is 28.8 Å². The maximum Gasteiger partial charge on any atom is 0.255 e. The predicted octanol–water partition coefficient (Wildman–Crippen LogP) is 0.717. The van der Waals surface area contributed by atoms with Crippen LogP contribution in [0.3, 0.4) is 0 Å². The SMILES string of the molecule is Cc1ccc(C(=O)NCC(N)=S)c(O)c1. The monoisotopic (exact) mass is 224 g/mol. The Kier molecular flexibility index (Phi) is 3.62. The molecule has 0 fully saturated rings. The number of phenolic OH excluding ortho intramolecular Hbond substituents is 1. The number of hydrogen-bond donors (Lipinski definition) is 3. The fourth-order valence-electron chi connectivity index (χ4n) is 1.10. The van der Waals surface area contributed by atoms with Gasteiger partial charge in [-0.15, -0.1) is 0 Å². The highest BCUT2D eigenvalue weighted by atomic mass is 32.1. The van der Waals surface area contributed by atoms with Crippen molar-refractivity contribution in [3.8, 4) is 5.75 Å². The van der Waals surface area contributed by atoms with Gasteiger partial charge in [0, 0.05) is 0 Å². The van der Waals surface area contributed by atoms with Crippen LogP contribution in [0.2, 0.25) is 0 Å². The van der Waals surface area contributed by atoms with E-state index in [9.17, 15) is 9.90 Å². The van der Waals surface area contributed by atoms with Crippen molar-refractivity contribution in [1.29, 1.82) is 0 Å². The summed E-state index contributed by atoms with van der Waals surface area (Å²) < 4.78 is 0. The Morgan fingerprint density at radius 2 is 2.27 bits per heavy atom. The second kappa shape index (κ2) is 4.75. The van der Waals surface area contributed by atoms with E-state index in [1.807, 2.05) is 6.92 Å². The zero-order valence-corrected chi connectivity index (χ0v) is 9.10. The summed E-state index contributed by atoms with van der Waals surface area (Å²) in [6, 6.07) is 4.82. The molecule has 5 heteroatoms. The molecule has 4 N–H and O–H groups in total. The molecule has 0 heterocycles. The van der Waals surface area contributed by atoms with Gasteiger partial charge in [-0.05, 0) is 24.6 Å². The first-order valence-corrected chi connectivity index (χ1v) is 4.77. The highest BCUT2D eigenvalue weighted by Gasteiger charge is 2.10. The number of carbonyl (C=O) groups is 1. The van der Waals surface area contributed by atoms with Crippen molar-refractivity contribution in [2.45, 2.75) is 6.92 Å². The van der Waals surface area contributed by atoms with E-state index in [2.05, 4.69) is 17.5 Å². The van der Waals surface area contributed by atoms with E-state index < -0.39 is 0 Å². The van der Waals surface area contributed by atoms with E-state index >= 15 is 0 Å². The predicted molar refractivity (Wildman–Crippen MR) is 62.0 cm³/mol. The summed E-state index contributed by atoms with van der Waals surface area (Å²) in [5, 5.41) is 12.0. The number of nitrogens with two attached hydrogens (primary N) is 1. The maximum atomic E-state index is 11.5. The first-order chi connectivity index (χ1) is 7.00. The molecule has 1 aromatic rings. The van der Waals surface area contributed by atoms with E-state index in [1.165, 1.54) is 6.07 Å². The van der Waals surface area contributed by atoms with Gasteiger partial charge in [-0.3, -0.25) is 4.79 Å². The van der Waals surface area contributed by atoms with Crippen molar-refractivity contribution in [3.63, 3.8) is 0 Å². The summed E-state index contributed by atoms with van der Waals surface area (Å²) in [5.41, 5.74) is 6.34. The van der Waals surface area contributed by atoms with Crippen molar-refractivity contribution >= 4 is 23.1 Å². The average Bonchev–Trinajstić information content (AvgIpc) is 2.14. The number of rotatable bonds is 3. The molecule has 0 saturated carbocycles. The molecular formula is C10H12N2O2S. The number of benzene rings is 1. The summed E-state index contributed by atoms with van der Waals surface area (Å²) in [6.45, 7) is 1.96. The van der Waals surface area contributed by atoms with E-state index in [0.29, 0.717) is 0 Å². The van der Waals surface area contributed by atoms with Crippen LogP contribution in [0.15, 0.2) is 18.2 Å². The Morgan fingerprint density at radius 3 is 2.80 bits per heavy atom. The first-order valence-electron chi connectivity index (χ1n) is 4.37. The summed E-state index contributed by atoms with van der Waals surface area (Å²) in [6.07, 6.45) is 0. The molecule has 0 unspecified atom stereocenters. The third-order valence-corrected chi connectivity index (χ3v) is 1.97. The maximum absolute atomic E-state index is 11.5.